The van der Waals surface area contributed by atoms with E-state index in [9.17, 15) is 0 Å². The summed E-state index contributed by atoms with van der Waals surface area (Å²) < 4.78 is 0. The van der Waals surface area contributed by atoms with Crippen LogP contribution in [0.15, 0.2) is 17.7 Å². The summed E-state index contributed by atoms with van der Waals surface area (Å²) in [4.78, 5) is 0. The second-order valence-electron chi connectivity index (χ2n) is 2.01. The van der Waals surface area contributed by atoms with Gasteiger partial charge in [-0.3, -0.25) is 6.08 Å². The van der Waals surface area contributed by atoms with Gasteiger partial charge in [0.15, 0.2) is 0 Å². The Morgan fingerprint density at radius 1 is 1.40 bits per heavy atom. The van der Waals surface area contributed by atoms with E-state index in [0.29, 0.717) is 5.92 Å². The van der Waals surface area contributed by atoms with Crippen LogP contribution in [-0.2, 0) is 21.7 Å². The molecular weight excluding hydrogens is 203 g/mol. The maximum Gasteiger partial charge on any atom is 3.00 e. The molecule has 1 rings (SSSR count). The molecule has 3 heteroatoms. The van der Waals surface area contributed by atoms with Crippen LogP contribution in [0.5, 0.6) is 0 Å². The molecule has 0 fully saturated rings. The van der Waals surface area contributed by atoms with Crippen LogP contribution in [0.2, 0.25) is 0 Å². The van der Waals surface area contributed by atoms with Crippen LogP contribution in [0.25, 0.3) is 0 Å². The Morgan fingerprint density at radius 2 is 1.90 bits per heavy atom. The Bertz CT molecular complexity index is 130. The van der Waals surface area contributed by atoms with Crippen molar-refractivity contribution in [1.29, 1.82) is 0 Å². The summed E-state index contributed by atoms with van der Waals surface area (Å²) in [7, 11) is 0. The molecule has 0 aromatic carbocycles. The summed E-state index contributed by atoms with van der Waals surface area (Å²) in [6, 6.07) is 0. The largest absolute Gasteiger partial charge is 3.00 e. The summed E-state index contributed by atoms with van der Waals surface area (Å²) in [6.45, 7) is 4.23. The van der Waals surface area contributed by atoms with Crippen LogP contribution >= 0.6 is 0 Å². The summed E-state index contributed by atoms with van der Waals surface area (Å²) in [6.07, 6.45) is 7.38. The van der Waals surface area contributed by atoms with Crippen LogP contribution in [0.1, 0.15) is 13.8 Å². The van der Waals surface area contributed by atoms with E-state index in [1.54, 1.807) is 0 Å². The van der Waals surface area contributed by atoms with Gasteiger partial charge in [-0.1, -0.05) is 12.8 Å². The second-order valence-corrected chi connectivity index (χ2v) is 2.01. The van der Waals surface area contributed by atoms with E-state index in [-0.39, 0.29) is 46.5 Å². The van der Waals surface area contributed by atoms with E-state index < -0.39 is 0 Å². The molecule has 55 valence electrons. The van der Waals surface area contributed by atoms with Gasteiger partial charge in [0.1, 0.15) is 0 Å². The Morgan fingerprint density at radius 3 is 2.00 bits per heavy atom. The first-order valence-electron chi connectivity index (χ1n) is 2.57. The Hall–Kier alpha value is 0.774. The maximum absolute atomic E-state index is 3.15. The van der Waals surface area contributed by atoms with Crippen molar-refractivity contribution in [3.63, 3.8) is 0 Å². The van der Waals surface area contributed by atoms with E-state index in [1.165, 1.54) is 5.57 Å². The minimum Gasteiger partial charge on any atom is -1.00 e. The van der Waals surface area contributed by atoms with E-state index >= 15 is 0 Å². The van der Waals surface area contributed by atoms with Crippen LogP contribution < -0.4 is 24.8 Å². The van der Waals surface area contributed by atoms with Crippen molar-refractivity contribution in [1.82, 2.24) is 0 Å². The molecule has 10 heavy (non-hydrogen) atoms. The third-order valence-electron chi connectivity index (χ3n) is 1.09. The zero-order valence-electron chi connectivity index (χ0n) is 5.99. The first-order valence-corrected chi connectivity index (χ1v) is 2.57. The SMILES string of the molecule is CC1=CC(C)[C-]=C1.[Cl-].[Cl-].[Ti+3]. The fourth-order valence-corrected chi connectivity index (χ4v) is 0.753. The molecule has 0 amide bonds. The molecule has 0 aromatic heterocycles. The van der Waals surface area contributed by atoms with Crippen molar-refractivity contribution in [3.8, 4) is 0 Å². The molecule has 1 aliphatic carbocycles. The summed E-state index contributed by atoms with van der Waals surface area (Å²) in [5.41, 5.74) is 1.34. The van der Waals surface area contributed by atoms with Gasteiger partial charge in [0.25, 0.3) is 0 Å². The fraction of sp³-hybridized carbons (Fsp3) is 0.429. The standard InChI is InChI=1S/C7H9.2ClH.Ti/c1-6-3-4-7(2)5-6;;;/h3,5,7H,1-2H3;2*1H;/q-1;;;+3/p-2. The molecule has 1 atom stereocenters. The molecule has 0 saturated heterocycles. The Kier molecular flexibility index (Phi) is 13.4. The van der Waals surface area contributed by atoms with Crippen LogP contribution in [0.4, 0.5) is 0 Å². The quantitative estimate of drug-likeness (QED) is 0.283. The van der Waals surface area contributed by atoms with Crippen LogP contribution in [-0.4, -0.2) is 0 Å². The summed E-state index contributed by atoms with van der Waals surface area (Å²) >= 11 is 0. The monoisotopic (exact) mass is 211 g/mol. The van der Waals surface area contributed by atoms with Gasteiger partial charge in [-0.25, -0.2) is 11.6 Å². The van der Waals surface area contributed by atoms with Gasteiger partial charge in [0.2, 0.25) is 0 Å². The van der Waals surface area contributed by atoms with Gasteiger partial charge in [-0.05, 0) is 0 Å². The summed E-state index contributed by atoms with van der Waals surface area (Å²) in [5.74, 6) is 0.556. The average Bonchev–Trinajstić information content (AvgIpc) is 1.87. The summed E-state index contributed by atoms with van der Waals surface area (Å²) in [5, 5.41) is 0. The number of hydrogen-bond donors (Lipinski definition) is 0. The van der Waals surface area contributed by atoms with Gasteiger partial charge in [-0.2, -0.15) is 6.08 Å². The molecule has 0 bridgehead atoms. The molecular formula is C7H9Cl2Ti. The molecule has 0 heterocycles. The molecule has 0 nitrogen and oxygen atoms in total. The first-order chi connectivity index (χ1) is 3.29. The number of hydrogen-bond acceptors (Lipinski definition) is 0. The molecule has 0 spiro atoms. The van der Waals surface area contributed by atoms with Crippen molar-refractivity contribution in [3.05, 3.63) is 23.8 Å². The average molecular weight is 212 g/mol. The molecule has 0 N–H and O–H groups in total. The number of allylic oxidation sites excluding steroid dienone is 4. The van der Waals surface area contributed by atoms with E-state index in [1.807, 2.05) is 6.08 Å². The maximum atomic E-state index is 3.15. The predicted molar refractivity (Wildman–Crippen MR) is 30.7 cm³/mol. The minimum absolute atomic E-state index is 0. The van der Waals surface area contributed by atoms with Crippen molar-refractivity contribution >= 4 is 0 Å². The van der Waals surface area contributed by atoms with E-state index in [2.05, 4.69) is 26.0 Å². The molecule has 1 aliphatic rings. The molecule has 0 saturated carbocycles. The third-order valence-corrected chi connectivity index (χ3v) is 1.09. The number of rotatable bonds is 0. The predicted octanol–water partition coefficient (Wildman–Crippen LogP) is -4.05. The minimum atomic E-state index is 0. The zero-order chi connectivity index (χ0) is 5.28. The first kappa shape index (κ1) is 17.0. The van der Waals surface area contributed by atoms with Crippen molar-refractivity contribution in [2.75, 3.05) is 0 Å². The van der Waals surface area contributed by atoms with E-state index in [4.69, 9.17) is 0 Å². The van der Waals surface area contributed by atoms with Gasteiger partial charge in [0, 0.05) is 0 Å². The second kappa shape index (κ2) is 7.88. The van der Waals surface area contributed by atoms with E-state index in [0.717, 1.165) is 0 Å². The molecule has 1 radical (unpaired) electrons. The normalized spacial score (nSPS) is 19.8. The molecule has 1 unspecified atom stereocenters. The van der Waals surface area contributed by atoms with Crippen LogP contribution in [0, 0.1) is 12.0 Å². The van der Waals surface area contributed by atoms with Gasteiger partial charge in [0.05, 0.1) is 0 Å². The smallest absolute Gasteiger partial charge is 1.00 e. The van der Waals surface area contributed by atoms with Crippen molar-refractivity contribution in [2.45, 2.75) is 13.8 Å². The topological polar surface area (TPSA) is 0 Å². The third kappa shape index (κ3) is 5.55. The van der Waals surface area contributed by atoms with Crippen molar-refractivity contribution < 1.29 is 46.5 Å². The molecule has 0 aromatic rings. The fourth-order valence-electron chi connectivity index (χ4n) is 0.753. The molecule has 0 aliphatic heterocycles. The van der Waals surface area contributed by atoms with Gasteiger partial charge in [-0.15, -0.1) is 6.92 Å². The van der Waals surface area contributed by atoms with Crippen molar-refractivity contribution in [2.24, 2.45) is 5.92 Å². The zero-order valence-corrected chi connectivity index (χ0v) is 9.06. The Balaban J connectivity index is -0.000000163. The van der Waals surface area contributed by atoms with Gasteiger partial charge >= 0.3 is 21.7 Å². The van der Waals surface area contributed by atoms with Crippen LogP contribution in [0.3, 0.4) is 0 Å². The number of halogens is 2. The van der Waals surface area contributed by atoms with Gasteiger partial charge < -0.3 is 24.8 Å². The Labute approximate surface area is 89.9 Å².